The highest BCUT2D eigenvalue weighted by Crippen LogP contribution is 2.18. The van der Waals surface area contributed by atoms with E-state index in [0.29, 0.717) is 0 Å². The summed E-state index contributed by atoms with van der Waals surface area (Å²) in [6.45, 7) is 2.28. The second-order valence-electron chi connectivity index (χ2n) is 5.80. The molecular weight excluding hydrogens is 262 g/mol. The van der Waals surface area contributed by atoms with Crippen LogP contribution in [0.15, 0.2) is 0 Å². The van der Waals surface area contributed by atoms with E-state index >= 15 is 0 Å². The van der Waals surface area contributed by atoms with Gasteiger partial charge in [0.1, 0.15) is 0 Å². The Morgan fingerprint density at radius 1 is 0.875 bits per heavy atom. The average Bonchev–Trinajstić information content (AvgIpc) is 2.20. The van der Waals surface area contributed by atoms with Crippen molar-refractivity contribution in [2.75, 3.05) is 26.5 Å². The van der Waals surface area contributed by atoms with Crippen LogP contribution < -0.4 is 0 Å². The fourth-order valence-corrected chi connectivity index (χ4v) is 2.54. The first-order chi connectivity index (χ1) is 7.52. The minimum atomic E-state index is 0.846. The lowest BCUT2D eigenvalue weighted by Crippen LogP contribution is -2.45. The molecule has 0 radical (unpaired) electrons. The third kappa shape index (κ3) is 8.58. The molecule has 0 saturated heterocycles. The summed E-state index contributed by atoms with van der Waals surface area (Å²) in [7, 11) is 7.01. The maximum Gasteiger partial charge on any atom is 0.0884 e. The number of rotatable bonds is 10. The van der Waals surface area contributed by atoms with Crippen molar-refractivity contribution in [1.82, 2.24) is 0 Å². The number of nitrogens with zero attached hydrogens (tertiary/aromatic N) is 1. The summed E-state index contributed by atoms with van der Waals surface area (Å²) in [5.74, 6) is 0. The maximum absolute atomic E-state index is 3.54. The van der Waals surface area contributed by atoms with E-state index in [-0.39, 0.29) is 0 Å². The molecule has 0 aromatic heterocycles. The van der Waals surface area contributed by atoms with Crippen LogP contribution in [0.2, 0.25) is 0 Å². The second-order valence-corrected chi connectivity index (χ2v) is 6.60. The highest BCUT2D eigenvalue weighted by Gasteiger charge is 2.22. The zero-order valence-electron chi connectivity index (χ0n) is 11.8. The van der Waals surface area contributed by atoms with Crippen LogP contribution in [-0.4, -0.2) is 37.0 Å². The zero-order valence-corrected chi connectivity index (χ0v) is 13.4. The van der Waals surface area contributed by atoms with Crippen molar-refractivity contribution in [2.45, 2.75) is 64.3 Å². The molecule has 0 aliphatic rings. The highest BCUT2D eigenvalue weighted by molar-refractivity contribution is 9.09. The molecule has 0 N–H and O–H groups in total. The third-order valence-corrected chi connectivity index (χ3v) is 3.97. The van der Waals surface area contributed by atoms with Crippen molar-refractivity contribution in [3.05, 3.63) is 0 Å². The molecule has 1 nitrogen and oxygen atoms in total. The molecule has 0 spiro atoms. The lowest BCUT2D eigenvalue weighted by Gasteiger charge is -2.34. The van der Waals surface area contributed by atoms with Gasteiger partial charge in [0.25, 0.3) is 0 Å². The quantitative estimate of drug-likeness (QED) is 0.314. The van der Waals surface area contributed by atoms with E-state index in [0.717, 1.165) is 15.9 Å². The van der Waals surface area contributed by atoms with Crippen molar-refractivity contribution >= 4 is 15.9 Å². The van der Waals surface area contributed by atoms with E-state index in [1.807, 2.05) is 0 Å². The van der Waals surface area contributed by atoms with E-state index in [4.69, 9.17) is 0 Å². The number of hydrogen-bond donors (Lipinski definition) is 0. The summed E-state index contributed by atoms with van der Waals surface area (Å²) < 4.78 is 1.13. The lowest BCUT2D eigenvalue weighted by atomic mass is 10.0. The van der Waals surface area contributed by atoms with E-state index < -0.39 is 0 Å². The molecule has 0 aliphatic heterocycles. The molecule has 1 atom stereocenters. The Morgan fingerprint density at radius 3 is 1.94 bits per heavy atom. The summed E-state index contributed by atoms with van der Waals surface area (Å²) in [5.41, 5.74) is 0. The van der Waals surface area contributed by atoms with Crippen LogP contribution in [-0.2, 0) is 0 Å². The summed E-state index contributed by atoms with van der Waals surface area (Å²) in [5, 5.41) is 1.15. The zero-order chi connectivity index (χ0) is 12.4. The van der Waals surface area contributed by atoms with Crippen LogP contribution in [0.25, 0.3) is 0 Å². The summed E-state index contributed by atoms with van der Waals surface area (Å²) in [4.78, 5) is 0. The first-order valence-corrected chi connectivity index (χ1v) is 8.01. The van der Waals surface area contributed by atoms with Crippen LogP contribution in [0.4, 0.5) is 0 Å². The predicted molar refractivity (Wildman–Crippen MR) is 78.2 cm³/mol. The first kappa shape index (κ1) is 16.4. The Hall–Kier alpha value is 0.440. The molecule has 2 heteroatoms. The molecule has 98 valence electrons. The smallest absolute Gasteiger partial charge is 0.0884 e. The molecular formula is C14H31BrN+. The van der Waals surface area contributed by atoms with Gasteiger partial charge in [-0.05, 0) is 19.3 Å². The Balaban J connectivity index is 3.75. The van der Waals surface area contributed by atoms with Gasteiger partial charge in [-0.2, -0.15) is 0 Å². The number of unbranched alkanes of at least 4 members (excludes halogenated alkanes) is 4. The van der Waals surface area contributed by atoms with Crippen molar-refractivity contribution in [3.8, 4) is 0 Å². The number of halogens is 1. The predicted octanol–water partition coefficient (Wildman–Crippen LogP) is 4.60. The molecule has 0 bridgehead atoms. The van der Waals surface area contributed by atoms with E-state index in [2.05, 4.69) is 44.0 Å². The number of alkyl halides is 1. The largest absolute Gasteiger partial charge is 0.328 e. The van der Waals surface area contributed by atoms with Gasteiger partial charge in [0, 0.05) is 11.8 Å². The van der Waals surface area contributed by atoms with Crippen LogP contribution >= 0.6 is 15.9 Å². The standard InChI is InChI=1S/C14H31BrN/c1-5-6-7-8-9-11-14(12-10-13-15)16(2,3)4/h14H,5-13H2,1-4H3/q+1. The van der Waals surface area contributed by atoms with Gasteiger partial charge in [-0.3, -0.25) is 0 Å². The molecule has 1 unspecified atom stereocenters. The van der Waals surface area contributed by atoms with Crippen LogP contribution in [0.5, 0.6) is 0 Å². The summed E-state index contributed by atoms with van der Waals surface area (Å²) >= 11 is 3.54. The van der Waals surface area contributed by atoms with Crippen LogP contribution in [0.1, 0.15) is 58.3 Å². The summed E-state index contributed by atoms with van der Waals surface area (Å²) in [6, 6.07) is 0.846. The number of hydrogen-bond acceptors (Lipinski definition) is 0. The lowest BCUT2D eigenvalue weighted by molar-refractivity contribution is -0.896. The fourth-order valence-electron chi connectivity index (χ4n) is 2.22. The fraction of sp³-hybridized carbons (Fsp3) is 1.00. The molecule has 0 aromatic rings. The molecule has 0 heterocycles. The van der Waals surface area contributed by atoms with Crippen molar-refractivity contribution < 1.29 is 4.48 Å². The van der Waals surface area contributed by atoms with Gasteiger partial charge in [-0.25, -0.2) is 0 Å². The maximum atomic E-state index is 3.54. The topological polar surface area (TPSA) is 0 Å². The molecule has 16 heavy (non-hydrogen) atoms. The molecule has 0 rings (SSSR count). The second kappa shape index (κ2) is 9.47. The molecule has 0 aromatic carbocycles. The van der Waals surface area contributed by atoms with Crippen LogP contribution in [0, 0.1) is 0 Å². The Kier molecular flexibility index (Phi) is 9.73. The number of quaternary nitrogens is 1. The molecule has 0 amide bonds. The first-order valence-electron chi connectivity index (χ1n) is 6.89. The third-order valence-electron chi connectivity index (χ3n) is 3.41. The van der Waals surface area contributed by atoms with E-state index in [1.165, 1.54) is 51.4 Å². The van der Waals surface area contributed by atoms with Crippen LogP contribution in [0.3, 0.4) is 0 Å². The Bertz CT molecular complexity index is 151. The highest BCUT2D eigenvalue weighted by atomic mass is 79.9. The Labute approximate surface area is 111 Å². The van der Waals surface area contributed by atoms with Crippen molar-refractivity contribution in [1.29, 1.82) is 0 Å². The minimum Gasteiger partial charge on any atom is -0.328 e. The van der Waals surface area contributed by atoms with Gasteiger partial charge in [0.2, 0.25) is 0 Å². The van der Waals surface area contributed by atoms with Gasteiger partial charge in [-0.1, -0.05) is 48.5 Å². The molecule has 0 aliphatic carbocycles. The van der Waals surface area contributed by atoms with Gasteiger partial charge in [0.15, 0.2) is 0 Å². The van der Waals surface area contributed by atoms with E-state index in [9.17, 15) is 0 Å². The molecule has 0 fully saturated rings. The van der Waals surface area contributed by atoms with Crippen molar-refractivity contribution in [3.63, 3.8) is 0 Å². The summed E-state index contributed by atoms with van der Waals surface area (Å²) in [6.07, 6.45) is 11.1. The van der Waals surface area contributed by atoms with E-state index in [1.54, 1.807) is 0 Å². The minimum absolute atomic E-state index is 0.846. The Morgan fingerprint density at radius 2 is 1.44 bits per heavy atom. The van der Waals surface area contributed by atoms with Gasteiger partial charge >= 0.3 is 0 Å². The van der Waals surface area contributed by atoms with Gasteiger partial charge in [0.05, 0.1) is 27.2 Å². The van der Waals surface area contributed by atoms with Gasteiger partial charge < -0.3 is 4.48 Å². The van der Waals surface area contributed by atoms with Crippen molar-refractivity contribution in [2.24, 2.45) is 0 Å². The SMILES string of the molecule is CCCCCCCC(CCCBr)[N+](C)(C)C. The average molecular weight is 293 g/mol. The molecule has 0 saturated carbocycles. The monoisotopic (exact) mass is 292 g/mol. The van der Waals surface area contributed by atoms with Gasteiger partial charge in [-0.15, -0.1) is 0 Å². The normalized spacial score (nSPS) is 14.1.